The third-order valence-electron chi connectivity index (χ3n) is 3.73. The Bertz CT molecular complexity index is 767. The van der Waals surface area contributed by atoms with Gasteiger partial charge in [-0.2, -0.15) is 0 Å². The van der Waals surface area contributed by atoms with Gasteiger partial charge in [0.1, 0.15) is 5.76 Å². The van der Waals surface area contributed by atoms with Crippen molar-refractivity contribution in [2.24, 2.45) is 0 Å². The van der Waals surface area contributed by atoms with E-state index in [1.807, 2.05) is 23.6 Å². The van der Waals surface area contributed by atoms with Gasteiger partial charge in [-0.15, -0.1) is 11.3 Å². The smallest absolute Gasteiger partial charge is 0.315 e. The fourth-order valence-corrected chi connectivity index (χ4v) is 3.33. The molecular formula is C18H17ClN2O3S. The zero-order valence-electron chi connectivity index (χ0n) is 13.2. The largest absolute Gasteiger partial charge is 0.466 e. The first-order chi connectivity index (χ1) is 12.1. The van der Waals surface area contributed by atoms with Crippen LogP contribution in [-0.4, -0.2) is 17.7 Å². The molecular weight excluding hydrogens is 360 g/mol. The molecule has 0 aliphatic heterocycles. The van der Waals surface area contributed by atoms with Crippen molar-refractivity contribution in [1.29, 1.82) is 0 Å². The second-order valence-electron chi connectivity index (χ2n) is 5.48. The van der Waals surface area contributed by atoms with Crippen molar-refractivity contribution in [1.82, 2.24) is 10.6 Å². The Hall–Kier alpha value is -2.28. The lowest BCUT2D eigenvalue weighted by Gasteiger charge is -2.25. The summed E-state index contributed by atoms with van der Waals surface area (Å²) in [4.78, 5) is 12.8. The Balaban J connectivity index is 1.61. The summed E-state index contributed by atoms with van der Waals surface area (Å²) < 4.78 is 5.37. The van der Waals surface area contributed by atoms with E-state index in [1.165, 1.54) is 17.6 Å². The van der Waals surface area contributed by atoms with Gasteiger partial charge in [-0.1, -0.05) is 29.8 Å². The summed E-state index contributed by atoms with van der Waals surface area (Å²) >= 11 is 7.23. The van der Waals surface area contributed by atoms with Crippen molar-refractivity contribution in [3.8, 4) is 0 Å². The van der Waals surface area contributed by atoms with Crippen LogP contribution in [0.2, 0.25) is 5.02 Å². The van der Waals surface area contributed by atoms with E-state index in [1.54, 1.807) is 30.3 Å². The highest BCUT2D eigenvalue weighted by atomic mass is 35.5. The van der Waals surface area contributed by atoms with Crippen molar-refractivity contribution in [3.05, 3.63) is 81.4 Å². The molecule has 7 heteroatoms. The number of nitrogens with one attached hydrogen (secondary N) is 2. The summed E-state index contributed by atoms with van der Waals surface area (Å²) in [5.74, 6) is 0.382. The Kier molecular flexibility index (Phi) is 5.43. The summed E-state index contributed by atoms with van der Waals surface area (Å²) in [6.45, 7) is 0.356. The average molecular weight is 377 g/mol. The first-order valence-electron chi connectivity index (χ1n) is 7.64. The predicted molar refractivity (Wildman–Crippen MR) is 97.7 cm³/mol. The predicted octanol–water partition coefficient (Wildman–Crippen LogP) is 3.73. The lowest BCUT2D eigenvalue weighted by molar-refractivity contribution is 0.0623. The molecule has 1 aromatic carbocycles. The summed E-state index contributed by atoms with van der Waals surface area (Å²) in [6.07, 6.45) is 1.49. The number of furan rings is 1. The zero-order valence-corrected chi connectivity index (χ0v) is 14.8. The molecule has 3 N–H and O–H groups in total. The highest BCUT2D eigenvalue weighted by molar-refractivity contribution is 7.10. The van der Waals surface area contributed by atoms with Gasteiger partial charge in [0.05, 0.1) is 12.8 Å². The summed E-state index contributed by atoms with van der Waals surface area (Å²) in [7, 11) is 0. The maximum Gasteiger partial charge on any atom is 0.315 e. The minimum atomic E-state index is -1.41. The highest BCUT2D eigenvalue weighted by Crippen LogP contribution is 2.32. The van der Waals surface area contributed by atoms with Crippen molar-refractivity contribution in [3.63, 3.8) is 0 Å². The first-order valence-corrected chi connectivity index (χ1v) is 8.90. The number of amides is 2. The van der Waals surface area contributed by atoms with E-state index in [4.69, 9.17) is 16.0 Å². The molecule has 0 radical (unpaired) electrons. The van der Waals surface area contributed by atoms with E-state index in [-0.39, 0.29) is 12.6 Å². The summed E-state index contributed by atoms with van der Waals surface area (Å²) in [6, 6.07) is 13.9. The van der Waals surface area contributed by atoms with Crippen LogP contribution in [0.5, 0.6) is 0 Å². The van der Waals surface area contributed by atoms with E-state index < -0.39 is 5.60 Å². The van der Waals surface area contributed by atoms with Gasteiger partial charge >= 0.3 is 6.03 Å². The minimum Gasteiger partial charge on any atom is -0.466 e. The Morgan fingerprint density at radius 1 is 1.16 bits per heavy atom. The lowest BCUT2D eigenvalue weighted by Crippen LogP contribution is -2.44. The summed E-state index contributed by atoms with van der Waals surface area (Å²) in [5, 5.41) is 19.0. The van der Waals surface area contributed by atoms with Gasteiger partial charge in [0.25, 0.3) is 0 Å². The van der Waals surface area contributed by atoms with Crippen molar-refractivity contribution >= 4 is 29.0 Å². The van der Waals surface area contributed by atoms with Gasteiger partial charge in [-0.25, -0.2) is 4.79 Å². The number of urea groups is 1. The number of hydrogen-bond acceptors (Lipinski definition) is 4. The molecule has 0 aliphatic carbocycles. The topological polar surface area (TPSA) is 74.5 Å². The van der Waals surface area contributed by atoms with E-state index in [9.17, 15) is 9.90 Å². The number of aliphatic hydroxyl groups is 1. The zero-order chi connectivity index (χ0) is 17.7. The second-order valence-corrected chi connectivity index (χ2v) is 6.86. The molecule has 3 rings (SSSR count). The van der Waals surface area contributed by atoms with Crippen LogP contribution in [-0.2, 0) is 12.1 Å². The molecule has 5 nitrogen and oxygen atoms in total. The quantitative estimate of drug-likeness (QED) is 0.613. The Labute approximate surface area is 154 Å². The van der Waals surface area contributed by atoms with Crippen molar-refractivity contribution in [2.75, 3.05) is 6.54 Å². The first kappa shape index (κ1) is 17.5. The molecule has 0 bridgehead atoms. The van der Waals surface area contributed by atoms with Crippen LogP contribution in [0.1, 0.15) is 16.2 Å². The van der Waals surface area contributed by atoms with Crippen LogP contribution in [0.3, 0.4) is 0 Å². The number of benzene rings is 1. The molecule has 0 spiro atoms. The molecule has 2 amide bonds. The second kappa shape index (κ2) is 7.74. The van der Waals surface area contributed by atoms with Crippen LogP contribution in [0.4, 0.5) is 4.79 Å². The van der Waals surface area contributed by atoms with Gasteiger partial charge in [0.2, 0.25) is 0 Å². The van der Waals surface area contributed by atoms with Crippen LogP contribution >= 0.6 is 22.9 Å². The normalized spacial score (nSPS) is 13.2. The van der Waals surface area contributed by atoms with E-state index in [2.05, 4.69) is 10.6 Å². The molecule has 0 saturated heterocycles. The molecule has 1 unspecified atom stereocenters. The third-order valence-corrected chi connectivity index (χ3v) is 5.00. The number of hydrogen-bond donors (Lipinski definition) is 3. The number of carbonyl (C=O) groups is 1. The van der Waals surface area contributed by atoms with Crippen LogP contribution < -0.4 is 10.6 Å². The number of thiophene rings is 1. The van der Waals surface area contributed by atoms with Gasteiger partial charge < -0.3 is 20.2 Å². The van der Waals surface area contributed by atoms with Crippen molar-refractivity contribution < 1.29 is 14.3 Å². The number of halogens is 1. The third kappa shape index (κ3) is 4.22. The molecule has 3 aromatic rings. The van der Waals surface area contributed by atoms with Gasteiger partial charge in [-0.05, 0) is 41.3 Å². The SMILES string of the molecule is O=C(NCc1ccc(Cl)cc1)NCC(O)(c1ccco1)c1cccs1. The van der Waals surface area contributed by atoms with Crippen LogP contribution in [0.15, 0.2) is 64.6 Å². The fourth-order valence-electron chi connectivity index (χ4n) is 2.38. The molecule has 0 aliphatic rings. The van der Waals surface area contributed by atoms with E-state index >= 15 is 0 Å². The monoisotopic (exact) mass is 376 g/mol. The standard InChI is InChI=1S/C18H17ClN2O3S/c19-14-7-5-13(6-8-14)11-20-17(22)21-12-18(23,15-3-1-9-24-15)16-4-2-10-25-16/h1-10,23H,11-12H2,(H2,20,21,22). The lowest BCUT2D eigenvalue weighted by atomic mass is 9.99. The molecule has 1 atom stereocenters. The summed E-state index contributed by atoms with van der Waals surface area (Å²) in [5.41, 5.74) is -0.478. The molecule has 0 saturated carbocycles. The van der Waals surface area contributed by atoms with Crippen LogP contribution in [0, 0.1) is 0 Å². The van der Waals surface area contributed by atoms with E-state index in [0.29, 0.717) is 22.2 Å². The van der Waals surface area contributed by atoms with E-state index in [0.717, 1.165) is 5.56 Å². The Morgan fingerprint density at radius 2 is 1.96 bits per heavy atom. The van der Waals surface area contributed by atoms with Crippen molar-refractivity contribution in [2.45, 2.75) is 12.1 Å². The minimum absolute atomic E-state index is 0.00647. The fraction of sp³-hybridized carbons (Fsp3) is 0.167. The highest BCUT2D eigenvalue weighted by Gasteiger charge is 2.36. The molecule has 2 heterocycles. The van der Waals surface area contributed by atoms with Gasteiger partial charge in [-0.3, -0.25) is 0 Å². The Morgan fingerprint density at radius 3 is 2.60 bits per heavy atom. The maximum atomic E-state index is 12.1. The number of rotatable bonds is 6. The number of carbonyl (C=O) groups excluding carboxylic acids is 1. The molecule has 25 heavy (non-hydrogen) atoms. The molecule has 130 valence electrons. The maximum absolute atomic E-state index is 12.1. The molecule has 0 fully saturated rings. The average Bonchev–Trinajstić information content (AvgIpc) is 3.33. The van der Waals surface area contributed by atoms with Crippen LogP contribution in [0.25, 0.3) is 0 Å². The van der Waals surface area contributed by atoms with Gasteiger partial charge in [0.15, 0.2) is 5.60 Å². The van der Waals surface area contributed by atoms with Gasteiger partial charge in [0, 0.05) is 16.4 Å². The molecule has 2 aromatic heterocycles.